The molecule has 2 atom stereocenters. The second-order valence-electron chi connectivity index (χ2n) is 6.98. The van der Waals surface area contributed by atoms with Crippen molar-refractivity contribution in [2.24, 2.45) is 10.9 Å². The third-order valence-electron chi connectivity index (χ3n) is 5.20. The molecule has 3 aromatic rings. The Labute approximate surface area is 178 Å². The molecule has 0 radical (unpaired) electrons. The number of nitrogens with one attached hydrogen (secondary N) is 1. The third kappa shape index (κ3) is 3.50. The summed E-state index contributed by atoms with van der Waals surface area (Å²) in [4.78, 5) is 19.3. The fourth-order valence-corrected chi connectivity index (χ4v) is 5.94. The molecule has 30 heavy (non-hydrogen) atoms. The summed E-state index contributed by atoms with van der Waals surface area (Å²) in [5.41, 5.74) is 1.88. The molecule has 10 heteroatoms. The number of aromatic amines is 1. The number of furan rings is 1. The Hall–Kier alpha value is -2.72. The van der Waals surface area contributed by atoms with Gasteiger partial charge in [-0.15, -0.1) is 0 Å². The minimum Gasteiger partial charge on any atom is -0.481 e. The number of para-hydroxylation sites is 1. The Kier molecular flexibility index (Phi) is 5.37. The van der Waals surface area contributed by atoms with Gasteiger partial charge in [0.25, 0.3) is 10.0 Å². The number of anilines is 1. The van der Waals surface area contributed by atoms with Crippen LogP contribution in [-0.4, -0.2) is 48.4 Å². The van der Waals surface area contributed by atoms with E-state index in [0.29, 0.717) is 24.2 Å². The quantitative estimate of drug-likeness (QED) is 0.572. The number of nitrogens with zero attached hydrogens (tertiary/aromatic N) is 2. The van der Waals surface area contributed by atoms with Gasteiger partial charge in [-0.3, -0.25) is 14.1 Å². The average molecular weight is 448 g/mol. The van der Waals surface area contributed by atoms with Gasteiger partial charge < -0.3 is 14.5 Å². The van der Waals surface area contributed by atoms with Crippen LogP contribution in [0.15, 0.2) is 57.2 Å². The van der Waals surface area contributed by atoms with Gasteiger partial charge in [-0.1, -0.05) is 30.8 Å². The van der Waals surface area contributed by atoms with Crippen LogP contribution in [0, 0.1) is 5.92 Å². The van der Waals surface area contributed by atoms with Crippen LogP contribution in [-0.2, 0) is 14.8 Å². The summed E-state index contributed by atoms with van der Waals surface area (Å²) in [7, 11) is -2.36. The number of hydrogen-bond acceptors (Lipinski definition) is 6. The lowest BCUT2D eigenvalue weighted by molar-refractivity contribution is -0.141. The van der Waals surface area contributed by atoms with Crippen molar-refractivity contribution in [2.75, 3.05) is 17.9 Å². The topological polar surface area (TPSA) is 116 Å². The van der Waals surface area contributed by atoms with Crippen molar-refractivity contribution < 1.29 is 22.7 Å². The number of aromatic nitrogens is 1. The van der Waals surface area contributed by atoms with Gasteiger partial charge in [0, 0.05) is 17.7 Å². The first kappa shape index (κ1) is 20.5. The molecule has 3 heterocycles. The van der Waals surface area contributed by atoms with Crippen LogP contribution >= 0.6 is 11.8 Å². The highest BCUT2D eigenvalue weighted by molar-refractivity contribution is 8.15. The van der Waals surface area contributed by atoms with Crippen molar-refractivity contribution in [1.29, 1.82) is 0 Å². The zero-order valence-electron chi connectivity index (χ0n) is 16.4. The average Bonchev–Trinajstić information content (AvgIpc) is 3.46. The number of H-pyrrole nitrogens is 1. The molecule has 1 aliphatic rings. The van der Waals surface area contributed by atoms with E-state index in [0.717, 1.165) is 16.1 Å². The Bertz CT molecular complexity index is 1210. The predicted octanol–water partition coefficient (Wildman–Crippen LogP) is 3.56. The number of rotatable bonds is 7. The van der Waals surface area contributed by atoms with E-state index in [4.69, 9.17) is 4.42 Å². The molecular weight excluding hydrogens is 426 g/mol. The van der Waals surface area contributed by atoms with Gasteiger partial charge in [0.2, 0.25) is 5.09 Å². The van der Waals surface area contributed by atoms with Crippen LogP contribution < -0.4 is 4.31 Å². The van der Waals surface area contributed by atoms with E-state index in [1.165, 1.54) is 41.5 Å². The summed E-state index contributed by atoms with van der Waals surface area (Å²) >= 11 is 1.45. The molecule has 8 nitrogen and oxygen atoms in total. The fourth-order valence-electron chi connectivity index (χ4n) is 3.54. The smallest absolute Gasteiger partial charge is 0.307 e. The number of benzene rings is 1. The van der Waals surface area contributed by atoms with Crippen LogP contribution in [0.1, 0.15) is 19.0 Å². The summed E-state index contributed by atoms with van der Waals surface area (Å²) in [6.07, 6.45) is 1.86. The Morgan fingerprint density at radius 2 is 2.20 bits per heavy atom. The number of carboxylic acid groups (broad SMARTS) is 1. The highest BCUT2D eigenvalue weighted by Gasteiger charge is 2.33. The molecule has 0 saturated carbocycles. The number of hydrogen-bond donors (Lipinski definition) is 2. The van der Waals surface area contributed by atoms with Crippen molar-refractivity contribution in [1.82, 2.24) is 4.98 Å². The molecule has 2 N–H and O–H groups in total. The molecule has 0 spiro atoms. The van der Waals surface area contributed by atoms with Gasteiger partial charge in [-0.2, -0.15) is 8.42 Å². The molecule has 1 aromatic carbocycles. The van der Waals surface area contributed by atoms with E-state index in [2.05, 4.69) is 9.98 Å². The molecular formula is C20H21N3O5S2. The maximum atomic E-state index is 12.9. The van der Waals surface area contributed by atoms with Gasteiger partial charge in [-0.25, -0.2) is 0 Å². The lowest BCUT2D eigenvalue weighted by Gasteiger charge is -2.18. The molecule has 4 rings (SSSR count). The molecule has 158 valence electrons. The highest BCUT2D eigenvalue weighted by atomic mass is 32.2. The molecule has 0 bridgehead atoms. The monoisotopic (exact) mass is 447 g/mol. The van der Waals surface area contributed by atoms with Crippen molar-refractivity contribution in [3.05, 3.63) is 48.4 Å². The highest BCUT2D eigenvalue weighted by Crippen LogP contribution is 2.35. The minimum absolute atomic E-state index is 0.115. The molecule has 2 aromatic heterocycles. The van der Waals surface area contributed by atoms with Crippen LogP contribution in [0.3, 0.4) is 0 Å². The second-order valence-corrected chi connectivity index (χ2v) is 10.1. The third-order valence-corrected chi connectivity index (χ3v) is 8.21. The number of thioether (sulfide) groups is 1. The SMILES string of the molecule is CCC(C(=O)O)C1CN=C(c2cc3cccc(N(C)S(=O)(=O)c4ccco4)c3[nH]2)S1. The molecule has 1 aliphatic heterocycles. The lowest BCUT2D eigenvalue weighted by atomic mass is 10.0. The summed E-state index contributed by atoms with van der Waals surface area (Å²) in [6.45, 7) is 2.31. The first-order valence-corrected chi connectivity index (χ1v) is 11.7. The summed E-state index contributed by atoms with van der Waals surface area (Å²) in [6, 6.07) is 10.2. The molecule has 0 saturated heterocycles. The predicted molar refractivity (Wildman–Crippen MR) is 117 cm³/mol. The number of aliphatic carboxylic acids is 1. The molecule has 2 unspecified atom stereocenters. The van der Waals surface area contributed by atoms with Crippen molar-refractivity contribution >= 4 is 49.4 Å². The van der Waals surface area contributed by atoms with E-state index in [9.17, 15) is 18.3 Å². The summed E-state index contributed by atoms with van der Waals surface area (Å²) < 4.78 is 32.0. The molecule has 0 aliphatic carbocycles. The normalized spacial score (nSPS) is 17.8. The summed E-state index contributed by atoms with van der Waals surface area (Å²) in [5, 5.41) is 10.7. The second kappa shape index (κ2) is 7.84. The zero-order chi connectivity index (χ0) is 21.5. The van der Waals surface area contributed by atoms with Crippen molar-refractivity contribution in [3.63, 3.8) is 0 Å². The van der Waals surface area contributed by atoms with Gasteiger partial charge in [0.15, 0.2) is 0 Å². The minimum atomic E-state index is -3.84. The van der Waals surface area contributed by atoms with Crippen molar-refractivity contribution in [2.45, 2.75) is 23.7 Å². The van der Waals surface area contributed by atoms with E-state index in [1.807, 2.05) is 19.1 Å². The Morgan fingerprint density at radius 1 is 1.40 bits per heavy atom. The molecule has 0 amide bonds. The number of aliphatic imine (C=N–C) groups is 1. The van der Waals surface area contributed by atoms with Crippen LogP contribution in [0.4, 0.5) is 5.69 Å². The van der Waals surface area contributed by atoms with E-state index < -0.39 is 21.9 Å². The van der Waals surface area contributed by atoms with E-state index in [-0.39, 0.29) is 10.3 Å². The maximum absolute atomic E-state index is 12.9. The lowest BCUT2D eigenvalue weighted by Crippen LogP contribution is -2.26. The van der Waals surface area contributed by atoms with Crippen LogP contribution in [0.2, 0.25) is 0 Å². The first-order chi connectivity index (χ1) is 14.3. The Morgan fingerprint density at radius 3 is 2.87 bits per heavy atom. The van der Waals surface area contributed by atoms with Gasteiger partial charge in [0.05, 0.1) is 35.6 Å². The molecule has 0 fully saturated rings. The number of fused-ring (bicyclic) bond motifs is 1. The van der Waals surface area contributed by atoms with Crippen molar-refractivity contribution in [3.8, 4) is 0 Å². The largest absolute Gasteiger partial charge is 0.481 e. The maximum Gasteiger partial charge on any atom is 0.307 e. The van der Waals surface area contributed by atoms with Crippen LogP contribution in [0.25, 0.3) is 10.9 Å². The van der Waals surface area contributed by atoms with E-state index in [1.54, 1.807) is 12.1 Å². The zero-order valence-corrected chi connectivity index (χ0v) is 18.0. The fraction of sp³-hybridized carbons (Fsp3) is 0.300. The first-order valence-electron chi connectivity index (χ1n) is 9.41. The number of sulfonamides is 1. The van der Waals surface area contributed by atoms with Gasteiger partial charge >= 0.3 is 5.97 Å². The van der Waals surface area contributed by atoms with Gasteiger partial charge in [0.1, 0.15) is 5.04 Å². The van der Waals surface area contributed by atoms with Crippen LogP contribution in [0.5, 0.6) is 0 Å². The standard InChI is InChI=1S/C20H21N3O5S2/c1-3-13(20(24)25)16-11-21-19(29-16)14-10-12-6-4-7-15(18(12)22-14)23(2)30(26,27)17-8-5-9-28-17/h4-10,13,16,22H,3,11H2,1-2H3,(H,24,25). The number of carbonyl (C=O) groups is 1. The summed E-state index contributed by atoms with van der Waals surface area (Å²) in [5.74, 6) is -1.27. The number of carboxylic acids is 1. The Balaban J connectivity index is 1.66. The van der Waals surface area contributed by atoms with E-state index >= 15 is 0 Å². The van der Waals surface area contributed by atoms with Gasteiger partial charge in [-0.05, 0) is 30.7 Å².